The lowest BCUT2D eigenvalue weighted by Crippen LogP contribution is -1.98. The van der Waals surface area contributed by atoms with E-state index in [0.717, 1.165) is 16.8 Å². The first-order valence-electron chi connectivity index (χ1n) is 6.55. The maximum absolute atomic E-state index is 13.4. The van der Waals surface area contributed by atoms with Crippen molar-refractivity contribution in [3.8, 4) is 5.75 Å². The molecule has 21 heavy (non-hydrogen) atoms. The van der Waals surface area contributed by atoms with Crippen molar-refractivity contribution in [3.63, 3.8) is 0 Å². The number of hydrogen-bond acceptors (Lipinski definition) is 3. The Morgan fingerprint density at radius 2 is 2.05 bits per heavy atom. The van der Waals surface area contributed by atoms with Gasteiger partial charge in [-0.15, -0.1) is 0 Å². The van der Waals surface area contributed by atoms with E-state index < -0.39 is 0 Å². The second-order valence-corrected chi connectivity index (χ2v) is 5.20. The van der Waals surface area contributed by atoms with E-state index in [9.17, 15) is 4.39 Å². The topological polar surface area (TPSA) is 35.0 Å². The fourth-order valence-electron chi connectivity index (χ4n) is 1.94. The molecule has 2 aromatic rings. The van der Waals surface area contributed by atoms with E-state index in [4.69, 9.17) is 16.3 Å². The first-order chi connectivity index (χ1) is 10.0. The van der Waals surface area contributed by atoms with Gasteiger partial charge >= 0.3 is 0 Å². The number of nitrogens with zero attached hydrogens (tertiary/aromatic N) is 2. The Bertz CT molecular complexity index is 671. The van der Waals surface area contributed by atoms with Crippen molar-refractivity contribution in [1.29, 1.82) is 0 Å². The van der Waals surface area contributed by atoms with Crippen molar-refractivity contribution in [2.24, 2.45) is 0 Å². The Morgan fingerprint density at radius 1 is 1.29 bits per heavy atom. The molecule has 0 atom stereocenters. The summed E-state index contributed by atoms with van der Waals surface area (Å²) in [6.07, 6.45) is 5.43. The van der Waals surface area contributed by atoms with Gasteiger partial charge in [-0.05, 0) is 35.2 Å². The molecule has 0 spiro atoms. The second kappa shape index (κ2) is 6.68. The lowest BCUT2D eigenvalue weighted by Gasteiger charge is -2.08. The smallest absolute Gasteiger partial charge is 0.222 e. The number of rotatable bonds is 4. The summed E-state index contributed by atoms with van der Waals surface area (Å²) in [5, 5.41) is 0.235. The van der Waals surface area contributed by atoms with Gasteiger partial charge in [0.25, 0.3) is 0 Å². The Kier molecular flexibility index (Phi) is 4.91. The highest BCUT2D eigenvalue weighted by Gasteiger charge is 2.08. The number of ether oxygens (including phenoxy) is 1. The molecule has 0 aliphatic heterocycles. The lowest BCUT2D eigenvalue weighted by atomic mass is 10.0. The average Bonchev–Trinajstić information content (AvgIpc) is 2.47. The van der Waals surface area contributed by atoms with E-state index in [-0.39, 0.29) is 22.8 Å². The second-order valence-electron chi connectivity index (χ2n) is 4.86. The van der Waals surface area contributed by atoms with Crippen molar-refractivity contribution in [2.75, 3.05) is 7.11 Å². The summed E-state index contributed by atoms with van der Waals surface area (Å²) in [6, 6.07) is 4.69. The first kappa shape index (κ1) is 15.4. The van der Waals surface area contributed by atoms with Crippen molar-refractivity contribution < 1.29 is 9.13 Å². The van der Waals surface area contributed by atoms with Gasteiger partial charge in [0.1, 0.15) is 0 Å². The minimum Gasteiger partial charge on any atom is -0.494 e. The first-order valence-corrected chi connectivity index (χ1v) is 6.93. The van der Waals surface area contributed by atoms with E-state index >= 15 is 0 Å². The molecule has 5 heteroatoms. The monoisotopic (exact) mass is 306 g/mol. The molecule has 1 aromatic carbocycles. The lowest BCUT2D eigenvalue weighted by molar-refractivity contribution is 0.386. The third kappa shape index (κ3) is 3.79. The Labute approximate surface area is 128 Å². The molecule has 0 amide bonds. The van der Waals surface area contributed by atoms with Crippen LogP contribution in [0, 0.1) is 5.82 Å². The van der Waals surface area contributed by atoms with E-state index in [1.54, 1.807) is 18.3 Å². The zero-order valence-electron chi connectivity index (χ0n) is 12.1. The summed E-state index contributed by atoms with van der Waals surface area (Å²) in [7, 11) is 1.44. The van der Waals surface area contributed by atoms with Crippen LogP contribution in [0.4, 0.5) is 4.39 Å². The Balaban J connectivity index is 2.33. The van der Waals surface area contributed by atoms with Gasteiger partial charge < -0.3 is 4.74 Å². The summed E-state index contributed by atoms with van der Waals surface area (Å²) < 4.78 is 18.3. The molecule has 0 N–H and O–H groups in total. The fourth-order valence-corrected chi connectivity index (χ4v) is 2.08. The molecule has 0 aliphatic carbocycles. The molecule has 0 unspecified atom stereocenters. The van der Waals surface area contributed by atoms with E-state index in [0.29, 0.717) is 0 Å². The predicted molar refractivity (Wildman–Crippen MR) is 83.0 cm³/mol. The Morgan fingerprint density at radius 3 is 2.71 bits per heavy atom. The quantitative estimate of drug-likeness (QED) is 0.776. The van der Waals surface area contributed by atoms with E-state index in [1.807, 2.05) is 26.0 Å². The number of benzene rings is 1. The van der Waals surface area contributed by atoms with Crippen LogP contribution >= 0.6 is 11.6 Å². The van der Waals surface area contributed by atoms with Crippen LogP contribution in [0.2, 0.25) is 5.28 Å². The van der Waals surface area contributed by atoms with Crippen LogP contribution in [0.5, 0.6) is 5.75 Å². The molecule has 2 rings (SSSR count). The summed E-state index contributed by atoms with van der Waals surface area (Å²) in [5.41, 5.74) is 2.59. The van der Waals surface area contributed by atoms with Crippen LogP contribution in [0.3, 0.4) is 0 Å². The maximum atomic E-state index is 13.4. The molecular weight excluding hydrogens is 291 g/mol. The normalized spacial score (nSPS) is 11.3. The van der Waals surface area contributed by atoms with Crippen molar-refractivity contribution in [2.45, 2.75) is 19.8 Å². The van der Waals surface area contributed by atoms with Crippen LogP contribution in [0.15, 0.2) is 24.4 Å². The molecule has 3 nitrogen and oxygen atoms in total. The standard InChI is InChI=1S/C16H16ClFN2O/c1-10(2)15-12(9-19-16(17)20-15)6-4-11-5-7-13(18)14(8-11)21-3/h4-10H,1-3H3/b6-4+. The van der Waals surface area contributed by atoms with E-state index in [2.05, 4.69) is 9.97 Å². The molecular formula is C16H16ClFN2O. The van der Waals surface area contributed by atoms with Gasteiger partial charge in [-0.1, -0.05) is 32.1 Å². The third-order valence-corrected chi connectivity index (χ3v) is 3.18. The molecule has 0 saturated carbocycles. The number of aromatic nitrogens is 2. The summed E-state index contributed by atoms with van der Waals surface area (Å²) >= 11 is 5.83. The molecule has 0 aliphatic rings. The molecule has 1 heterocycles. The number of hydrogen-bond donors (Lipinski definition) is 0. The van der Waals surface area contributed by atoms with Crippen molar-refractivity contribution in [1.82, 2.24) is 9.97 Å². The summed E-state index contributed by atoms with van der Waals surface area (Å²) in [5.74, 6) is 0.0637. The molecule has 110 valence electrons. The van der Waals surface area contributed by atoms with Crippen LogP contribution < -0.4 is 4.74 Å². The minimum absolute atomic E-state index is 0.216. The summed E-state index contributed by atoms with van der Waals surface area (Å²) in [4.78, 5) is 8.25. The van der Waals surface area contributed by atoms with Crippen molar-refractivity contribution >= 4 is 23.8 Å². The average molecular weight is 307 g/mol. The zero-order valence-corrected chi connectivity index (χ0v) is 12.9. The van der Waals surface area contributed by atoms with Gasteiger partial charge in [0, 0.05) is 11.8 Å². The highest BCUT2D eigenvalue weighted by molar-refractivity contribution is 6.28. The highest BCUT2D eigenvalue weighted by atomic mass is 35.5. The van der Waals surface area contributed by atoms with Crippen LogP contribution in [0.25, 0.3) is 12.2 Å². The van der Waals surface area contributed by atoms with Gasteiger partial charge in [-0.25, -0.2) is 14.4 Å². The fraction of sp³-hybridized carbons (Fsp3) is 0.250. The minimum atomic E-state index is -0.382. The van der Waals surface area contributed by atoms with Crippen LogP contribution in [-0.4, -0.2) is 17.1 Å². The predicted octanol–water partition coefficient (Wildman–Crippen LogP) is 4.57. The molecule has 1 aromatic heterocycles. The van der Waals surface area contributed by atoms with Gasteiger partial charge in [-0.2, -0.15) is 0 Å². The maximum Gasteiger partial charge on any atom is 0.222 e. The SMILES string of the molecule is COc1cc(/C=C/c2cnc(Cl)nc2C(C)C)ccc1F. The van der Waals surface area contributed by atoms with Crippen molar-refractivity contribution in [3.05, 3.63) is 52.3 Å². The molecule has 0 fully saturated rings. The largest absolute Gasteiger partial charge is 0.494 e. The van der Waals surface area contributed by atoms with Gasteiger partial charge in [0.2, 0.25) is 5.28 Å². The van der Waals surface area contributed by atoms with Gasteiger partial charge in [0.15, 0.2) is 11.6 Å². The van der Waals surface area contributed by atoms with Gasteiger partial charge in [0.05, 0.1) is 12.8 Å². The molecule has 0 saturated heterocycles. The van der Waals surface area contributed by atoms with E-state index in [1.165, 1.54) is 13.2 Å². The molecule has 0 bridgehead atoms. The van der Waals surface area contributed by atoms with Gasteiger partial charge in [-0.3, -0.25) is 0 Å². The third-order valence-electron chi connectivity index (χ3n) is 3.00. The van der Waals surface area contributed by atoms with Crippen LogP contribution in [0.1, 0.15) is 36.6 Å². The zero-order chi connectivity index (χ0) is 15.4. The number of halogens is 2. The highest BCUT2D eigenvalue weighted by Crippen LogP contribution is 2.22. The van der Waals surface area contributed by atoms with Crippen LogP contribution in [-0.2, 0) is 0 Å². The molecule has 0 radical (unpaired) electrons. The number of methoxy groups -OCH3 is 1. The Hall–Kier alpha value is -1.94. The summed E-state index contributed by atoms with van der Waals surface area (Å²) in [6.45, 7) is 4.08.